The molecule has 0 saturated heterocycles. The number of nitrogens with zero attached hydrogens (tertiary/aromatic N) is 3. The van der Waals surface area contributed by atoms with Gasteiger partial charge in [-0.3, -0.25) is 14.8 Å². The Morgan fingerprint density at radius 3 is 2.87 bits per heavy atom. The topological polar surface area (TPSA) is 61.0 Å². The van der Waals surface area contributed by atoms with Crippen LogP contribution in [-0.2, 0) is 6.54 Å². The average Bonchev–Trinajstić information content (AvgIpc) is 2.61. The summed E-state index contributed by atoms with van der Waals surface area (Å²) in [6.07, 6.45) is 1.91. The lowest BCUT2D eigenvalue weighted by atomic mass is 10.1. The molecule has 0 saturated carbocycles. The van der Waals surface area contributed by atoms with E-state index >= 15 is 0 Å². The Kier molecular flexibility index (Phi) is 2.15. The Balaban J connectivity index is 2.70. The molecule has 1 heterocycles. The van der Waals surface area contributed by atoms with E-state index in [-0.39, 0.29) is 5.69 Å². The lowest BCUT2D eigenvalue weighted by Gasteiger charge is -1.94. The minimum Gasteiger partial charge on any atom is -0.272 e. The molecule has 0 N–H and O–H groups in total. The third-order valence-corrected chi connectivity index (χ3v) is 2.40. The van der Waals surface area contributed by atoms with Gasteiger partial charge in [0.15, 0.2) is 0 Å². The molecule has 78 valence electrons. The molecule has 5 heteroatoms. The first-order valence-corrected chi connectivity index (χ1v) is 4.74. The minimum atomic E-state index is -0.391. The van der Waals surface area contributed by atoms with E-state index in [1.807, 2.05) is 20.0 Å². The fraction of sp³-hybridized carbons (Fsp3) is 0.300. The van der Waals surface area contributed by atoms with Crippen molar-refractivity contribution in [2.75, 3.05) is 0 Å². The smallest absolute Gasteiger partial charge is 0.271 e. The first kappa shape index (κ1) is 9.64. The van der Waals surface area contributed by atoms with E-state index < -0.39 is 4.92 Å². The zero-order valence-corrected chi connectivity index (χ0v) is 8.60. The van der Waals surface area contributed by atoms with Crippen LogP contribution >= 0.6 is 0 Å². The molecule has 0 aliphatic rings. The van der Waals surface area contributed by atoms with Gasteiger partial charge in [-0.25, -0.2) is 0 Å². The van der Waals surface area contributed by atoms with Crippen molar-refractivity contribution >= 4 is 16.6 Å². The maximum atomic E-state index is 10.6. The molecular formula is C10H11N3O2. The molecule has 2 rings (SSSR count). The highest BCUT2D eigenvalue weighted by atomic mass is 16.6. The first-order chi connectivity index (χ1) is 7.11. The minimum absolute atomic E-state index is 0.0985. The van der Waals surface area contributed by atoms with Crippen molar-refractivity contribution in [3.63, 3.8) is 0 Å². The molecule has 0 bridgehead atoms. The van der Waals surface area contributed by atoms with Crippen molar-refractivity contribution < 1.29 is 4.92 Å². The van der Waals surface area contributed by atoms with Gasteiger partial charge in [0.1, 0.15) is 0 Å². The van der Waals surface area contributed by atoms with Crippen molar-refractivity contribution in [2.24, 2.45) is 0 Å². The summed E-state index contributed by atoms with van der Waals surface area (Å²) in [6.45, 7) is 4.61. The lowest BCUT2D eigenvalue weighted by molar-refractivity contribution is -0.384. The number of hydrogen-bond acceptors (Lipinski definition) is 3. The summed E-state index contributed by atoms with van der Waals surface area (Å²) in [5, 5.41) is 15.9. The molecule has 0 aliphatic carbocycles. The van der Waals surface area contributed by atoms with Gasteiger partial charge >= 0.3 is 0 Å². The first-order valence-electron chi connectivity index (χ1n) is 4.74. The molecule has 0 atom stereocenters. The molecule has 0 aliphatic heterocycles. The van der Waals surface area contributed by atoms with Crippen LogP contribution in [-0.4, -0.2) is 14.7 Å². The summed E-state index contributed by atoms with van der Waals surface area (Å²) < 4.78 is 1.78. The number of nitro benzene ring substituents is 1. The Bertz CT molecular complexity index is 531. The van der Waals surface area contributed by atoms with Gasteiger partial charge in [0.2, 0.25) is 0 Å². The van der Waals surface area contributed by atoms with Gasteiger partial charge in [-0.2, -0.15) is 5.10 Å². The Morgan fingerprint density at radius 1 is 1.53 bits per heavy atom. The summed E-state index contributed by atoms with van der Waals surface area (Å²) in [4.78, 5) is 10.3. The molecule has 1 aromatic carbocycles. The van der Waals surface area contributed by atoms with Crippen molar-refractivity contribution in [3.8, 4) is 0 Å². The van der Waals surface area contributed by atoms with Crippen molar-refractivity contribution in [3.05, 3.63) is 34.0 Å². The van der Waals surface area contributed by atoms with Gasteiger partial charge in [-0.1, -0.05) is 0 Å². The van der Waals surface area contributed by atoms with E-state index in [2.05, 4.69) is 5.10 Å². The second-order valence-corrected chi connectivity index (χ2v) is 3.44. The third-order valence-electron chi connectivity index (χ3n) is 2.40. The highest BCUT2D eigenvalue weighted by Crippen LogP contribution is 2.23. The van der Waals surface area contributed by atoms with E-state index in [0.717, 1.165) is 17.5 Å². The van der Waals surface area contributed by atoms with Crippen molar-refractivity contribution in [1.82, 2.24) is 9.78 Å². The van der Waals surface area contributed by atoms with Crippen LogP contribution in [0.2, 0.25) is 0 Å². The van der Waals surface area contributed by atoms with Crippen LogP contribution in [0.3, 0.4) is 0 Å². The monoisotopic (exact) mass is 205 g/mol. The zero-order valence-electron chi connectivity index (χ0n) is 8.60. The zero-order chi connectivity index (χ0) is 11.0. The molecule has 1 aromatic heterocycles. The standard InChI is InChI=1S/C10H11N3O2/c1-3-12-6-9-7(2)4-8(13(14)15)5-10(9)11-12/h4-6H,3H2,1-2H3. The quantitative estimate of drug-likeness (QED) is 0.558. The number of hydrogen-bond donors (Lipinski definition) is 0. The van der Waals surface area contributed by atoms with Gasteiger partial charge < -0.3 is 0 Å². The van der Waals surface area contributed by atoms with Gasteiger partial charge in [0.25, 0.3) is 5.69 Å². The molecule has 0 unspecified atom stereocenters. The number of aryl methyl sites for hydroxylation is 2. The third kappa shape index (κ3) is 1.56. The normalized spacial score (nSPS) is 10.8. The summed E-state index contributed by atoms with van der Waals surface area (Å²) in [5.74, 6) is 0. The summed E-state index contributed by atoms with van der Waals surface area (Å²) in [5.41, 5.74) is 1.67. The largest absolute Gasteiger partial charge is 0.272 e. The highest BCUT2D eigenvalue weighted by Gasteiger charge is 2.11. The predicted molar refractivity (Wildman–Crippen MR) is 56.8 cm³/mol. The van der Waals surface area contributed by atoms with Crippen LogP contribution in [0.5, 0.6) is 0 Å². The van der Waals surface area contributed by atoms with Crippen LogP contribution in [0.1, 0.15) is 12.5 Å². The number of aromatic nitrogens is 2. The molecule has 15 heavy (non-hydrogen) atoms. The predicted octanol–water partition coefficient (Wildman–Crippen LogP) is 2.27. The second-order valence-electron chi connectivity index (χ2n) is 3.44. The summed E-state index contributed by atoms with van der Waals surface area (Å²) in [7, 11) is 0. The van der Waals surface area contributed by atoms with Crippen LogP contribution in [0.4, 0.5) is 5.69 Å². The van der Waals surface area contributed by atoms with E-state index in [0.29, 0.717) is 5.52 Å². The Labute approximate surface area is 86.5 Å². The van der Waals surface area contributed by atoms with E-state index in [1.54, 1.807) is 10.7 Å². The SMILES string of the molecule is CCn1cc2c(C)cc([N+](=O)[O-])cc2n1. The van der Waals surface area contributed by atoms with Crippen molar-refractivity contribution in [2.45, 2.75) is 20.4 Å². The molecular weight excluding hydrogens is 194 g/mol. The molecule has 0 spiro atoms. The average molecular weight is 205 g/mol. The van der Waals surface area contributed by atoms with Gasteiger partial charge in [-0.05, 0) is 19.4 Å². The number of nitro groups is 1. The summed E-state index contributed by atoms with van der Waals surface area (Å²) in [6, 6.07) is 3.08. The molecule has 0 amide bonds. The van der Waals surface area contributed by atoms with Crippen LogP contribution < -0.4 is 0 Å². The van der Waals surface area contributed by atoms with Crippen LogP contribution in [0.25, 0.3) is 10.9 Å². The fourth-order valence-corrected chi connectivity index (χ4v) is 1.60. The van der Waals surface area contributed by atoms with Crippen molar-refractivity contribution in [1.29, 1.82) is 0 Å². The van der Waals surface area contributed by atoms with Crippen LogP contribution in [0, 0.1) is 17.0 Å². The number of rotatable bonds is 2. The lowest BCUT2D eigenvalue weighted by Crippen LogP contribution is -1.92. The second kappa shape index (κ2) is 3.34. The number of non-ortho nitro benzene ring substituents is 1. The number of benzene rings is 1. The van der Waals surface area contributed by atoms with Gasteiger partial charge in [-0.15, -0.1) is 0 Å². The van der Waals surface area contributed by atoms with Gasteiger partial charge in [0.05, 0.1) is 10.4 Å². The van der Waals surface area contributed by atoms with E-state index in [4.69, 9.17) is 0 Å². The van der Waals surface area contributed by atoms with Crippen LogP contribution in [0.15, 0.2) is 18.3 Å². The van der Waals surface area contributed by atoms with E-state index in [1.165, 1.54) is 6.07 Å². The number of fused-ring (bicyclic) bond motifs is 1. The highest BCUT2D eigenvalue weighted by molar-refractivity contribution is 5.84. The Morgan fingerprint density at radius 2 is 2.27 bits per heavy atom. The molecule has 2 aromatic rings. The molecule has 0 fully saturated rings. The van der Waals surface area contributed by atoms with E-state index in [9.17, 15) is 10.1 Å². The fourth-order valence-electron chi connectivity index (χ4n) is 1.60. The summed E-state index contributed by atoms with van der Waals surface area (Å²) >= 11 is 0. The molecule has 0 radical (unpaired) electrons. The maximum absolute atomic E-state index is 10.6. The van der Waals surface area contributed by atoms with Gasteiger partial charge in [0, 0.05) is 30.3 Å². The Hall–Kier alpha value is -1.91. The maximum Gasteiger partial charge on any atom is 0.271 e. The molecule has 5 nitrogen and oxygen atoms in total.